The number of aliphatic hydroxyl groups excluding tert-OH is 3. The second kappa shape index (κ2) is 20.9. The van der Waals surface area contributed by atoms with Gasteiger partial charge in [0.1, 0.15) is 40.7 Å². The molecule has 3 saturated carbocycles. The maximum absolute atomic E-state index is 16.1. The fraction of sp³-hybridized carbons (Fsp3) is 0.565. The zero-order valence-electron chi connectivity index (χ0n) is 43.3. The Bertz CT molecular complexity index is 2870. The molecule has 8 aliphatic rings. The number of benzene rings is 3. The second-order valence-electron chi connectivity index (χ2n) is 23.5. The molecule has 13 heteroatoms. The molecule has 7 N–H and O–H groups in total. The van der Waals surface area contributed by atoms with E-state index in [1.165, 1.54) is 14.0 Å². The number of aryl methyl sites for hydroxylation is 1. The van der Waals surface area contributed by atoms with Gasteiger partial charge >= 0.3 is 11.9 Å². The molecule has 3 aromatic carbocycles. The largest absolute Gasteiger partial charge is 0.507 e. The first-order valence-corrected chi connectivity index (χ1v) is 27.7. The normalized spacial score (nSPS) is 31.7. The van der Waals surface area contributed by atoms with Crippen molar-refractivity contribution in [2.75, 3.05) is 25.6 Å². The number of carbonyl (C=O) groups is 3. The molecule has 12 unspecified atom stereocenters. The van der Waals surface area contributed by atoms with Crippen molar-refractivity contribution in [3.8, 4) is 23.3 Å². The predicted molar refractivity (Wildman–Crippen MR) is 280 cm³/mol. The van der Waals surface area contributed by atoms with Crippen LogP contribution >= 0.6 is 0 Å². The summed E-state index contributed by atoms with van der Waals surface area (Å²) in [5.41, 5.74) is 3.74. The number of hydrogen-bond donors (Lipinski definition) is 7. The lowest BCUT2D eigenvalue weighted by Crippen LogP contribution is -2.65. The number of hydrogen-bond acceptors (Lipinski definition) is 13. The fourth-order valence-corrected chi connectivity index (χ4v) is 14.9. The van der Waals surface area contributed by atoms with Crippen molar-refractivity contribution in [3.05, 3.63) is 110 Å². The minimum atomic E-state index is -1.66. The highest BCUT2D eigenvalue weighted by Gasteiger charge is 2.62. The van der Waals surface area contributed by atoms with Crippen molar-refractivity contribution >= 4 is 23.4 Å². The van der Waals surface area contributed by atoms with Crippen molar-refractivity contribution < 1.29 is 59.2 Å². The third-order valence-electron chi connectivity index (χ3n) is 18.9. The highest BCUT2D eigenvalue weighted by molar-refractivity contribution is 5.90. The third kappa shape index (κ3) is 9.78. The first-order valence-electron chi connectivity index (χ1n) is 27.7. The summed E-state index contributed by atoms with van der Waals surface area (Å²) in [6.07, 6.45) is 9.42. The molecule has 398 valence electrons. The molecular formula is C62H73NO12. The van der Waals surface area contributed by atoms with Crippen LogP contribution in [0.15, 0.2) is 65.8 Å². The van der Waals surface area contributed by atoms with E-state index < -0.39 is 59.2 Å². The number of Topliss-reactive ketones (excluding diaryl/α,β-unsaturated/α-hetero) is 1. The number of esters is 2. The summed E-state index contributed by atoms with van der Waals surface area (Å²) in [6, 6.07) is 13.6. The van der Waals surface area contributed by atoms with Gasteiger partial charge in [-0.15, -0.1) is 0 Å². The van der Waals surface area contributed by atoms with Crippen LogP contribution in [0.25, 0.3) is 0 Å². The molecule has 12 atom stereocenters. The molecule has 0 radical (unpaired) electrons. The van der Waals surface area contributed by atoms with Gasteiger partial charge in [-0.1, -0.05) is 67.5 Å². The average molecular weight is 1020 g/mol. The van der Waals surface area contributed by atoms with Crippen LogP contribution in [0.3, 0.4) is 0 Å². The number of phenols is 1. The van der Waals surface area contributed by atoms with E-state index >= 15 is 4.79 Å². The monoisotopic (exact) mass is 1020 g/mol. The maximum Gasteiger partial charge on any atom is 0.334 e. The maximum atomic E-state index is 16.1. The quantitative estimate of drug-likeness (QED) is 0.0481. The van der Waals surface area contributed by atoms with Gasteiger partial charge in [-0.2, -0.15) is 0 Å². The molecule has 75 heavy (non-hydrogen) atoms. The van der Waals surface area contributed by atoms with E-state index in [9.17, 15) is 40.2 Å². The molecule has 11 bridgehead atoms. The Balaban J connectivity index is 1.15. The van der Waals surface area contributed by atoms with Gasteiger partial charge in [0.05, 0.1) is 31.7 Å². The molecular weight excluding hydrogens is 951 g/mol. The Hall–Kier alpha value is -5.33. The lowest BCUT2D eigenvalue weighted by Gasteiger charge is -2.58. The Kier molecular flexibility index (Phi) is 14.4. The van der Waals surface area contributed by atoms with Gasteiger partial charge in [-0.05, 0) is 158 Å². The van der Waals surface area contributed by atoms with Crippen molar-refractivity contribution in [2.45, 2.75) is 170 Å². The molecule has 0 amide bonds. The number of methoxy groups -OCH3 is 1. The Labute approximate surface area is 439 Å². The van der Waals surface area contributed by atoms with Crippen LogP contribution in [0.4, 0.5) is 5.69 Å². The van der Waals surface area contributed by atoms with Gasteiger partial charge in [-0.25, -0.2) is 4.79 Å². The molecule has 11 rings (SSSR count). The van der Waals surface area contributed by atoms with Crippen LogP contribution < -0.4 is 10.1 Å². The topological polar surface area (TPSA) is 212 Å². The fourth-order valence-electron chi connectivity index (χ4n) is 14.9. The summed E-state index contributed by atoms with van der Waals surface area (Å²) < 4.78 is 18.4. The van der Waals surface area contributed by atoms with Gasteiger partial charge in [0, 0.05) is 67.1 Å². The minimum absolute atomic E-state index is 0.0309. The summed E-state index contributed by atoms with van der Waals surface area (Å²) in [6.45, 7) is 0.958. The lowest BCUT2D eigenvalue weighted by molar-refractivity contribution is -0.221. The standard InChI is InChI=1S/C62H73NO12/c1-61(71,54(67)32-73-2)33-63-44-22-35(31-64)21-41(24-44)38-14-15-39-30-56(68)75-59-46(39)27-43(58(69)57(59)37-8-4-3-5-9-37)29-55-62(72)50-11-7-6-10-40(50)26-47-48(52(65)19-18-51(47)62)23-34-12-13-36-16-17-45(49(25-38)60(70)74-55)53(66)28-42(36)20-34/h6,10,12-13,20-22,24,27,37-40,47-48,50-51,53-55,63-64,66-67,69,71-72H,3-5,7-9,11,16-19,23,25-26,28-33H2,1-2H3. The number of carbonyl (C=O) groups excluding carboxylic acids is 3. The van der Waals surface area contributed by atoms with E-state index in [1.54, 1.807) is 6.07 Å². The molecule has 13 nitrogen and oxygen atoms in total. The smallest absolute Gasteiger partial charge is 0.334 e. The molecule has 0 spiro atoms. The Morgan fingerprint density at radius 1 is 0.893 bits per heavy atom. The third-order valence-corrected chi connectivity index (χ3v) is 18.9. The SMILES string of the molecule is COCC(O)C(C)(O)CNc1cc(CO)cc(C2C#CC3CC(=O)Oc4c3cc(c(O)c4C3CCCCC3)CC3OC(=O)C(=C4CCc5ccc(cc5CC4O)CC4C(=O)CCC5C4CC4C=CCCC4C35O)C2)c1. The van der Waals surface area contributed by atoms with Gasteiger partial charge in [0.15, 0.2) is 0 Å². The number of ketones is 1. The predicted octanol–water partition coefficient (Wildman–Crippen LogP) is 7.47. The summed E-state index contributed by atoms with van der Waals surface area (Å²) in [4.78, 5) is 44.4. The highest BCUT2D eigenvalue weighted by Crippen LogP contribution is 2.58. The molecule has 0 saturated heterocycles. The number of aliphatic hydroxyl groups is 5. The van der Waals surface area contributed by atoms with Gasteiger partial charge < -0.3 is 50.2 Å². The number of allylic oxidation sites excluding steroid dienone is 2. The molecule has 5 aliphatic carbocycles. The van der Waals surface area contributed by atoms with Crippen LogP contribution in [0.2, 0.25) is 0 Å². The first-order chi connectivity index (χ1) is 36.1. The number of ether oxygens (including phenoxy) is 3. The summed E-state index contributed by atoms with van der Waals surface area (Å²) in [5.74, 6) is 3.18. The van der Waals surface area contributed by atoms with Gasteiger partial charge in [-0.3, -0.25) is 9.59 Å². The Morgan fingerprint density at radius 2 is 1.71 bits per heavy atom. The van der Waals surface area contributed by atoms with Crippen molar-refractivity contribution in [1.82, 2.24) is 0 Å². The first kappa shape index (κ1) is 51.8. The Morgan fingerprint density at radius 3 is 2.51 bits per heavy atom. The summed E-state index contributed by atoms with van der Waals surface area (Å²) in [7, 11) is 1.44. The van der Waals surface area contributed by atoms with E-state index in [0.29, 0.717) is 83.4 Å². The number of nitrogens with one attached hydrogen (secondary N) is 1. The van der Waals surface area contributed by atoms with E-state index in [4.69, 9.17) is 14.2 Å². The van der Waals surface area contributed by atoms with Crippen LogP contribution in [-0.4, -0.2) is 98.1 Å². The summed E-state index contributed by atoms with van der Waals surface area (Å²) in [5, 5.41) is 75.8. The lowest BCUT2D eigenvalue weighted by atomic mass is 9.49. The molecule has 3 aromatic rings. The van der Waals surface area contributed by atoms with E-state index in [0.717, 1.165) is 55.2 Å². The zero-order chi connectivity index (χ0) is 52.3. The van der Waals surface area contributed by atoms with Crippen molar-refractivity contribution in [2.24, 2.45) is 29.6 Å². The van der Waals surface area contributed by atoms with Crippen molar-refractivity contribution in [3.63, 3.8) is 0 Å². The number of anilines is 1. The zero-order valence-corrected chi connectivity index (χ0v) is 43.3. The van der Waals surface area contributed by atoms with E-state index in [1.807, 2.05) is 18.2 Å². The summed E-state index contributed by atoms with van der Waals surface area (Å²) >= 11 is 0. The van der Waals surface area contributed by atoms with E-state index in [-0.39, 0.29) is 98.6 Å². The van der Waals surface area contributed by atoms with Crippen LogP contribution in [0.5, 0.6) is 11.5 Å². The van der Waals surface area contributed by atoms with Crippen LogP contribution in [0, 0.1) is 41.4 Å². The van der Waals surface area contributed by atoms with E-state index in [2.05, 4.69) is 47.5 Å². The van der Waals surface area contributed by atoms with Crippen LogP contribution in [0.1, 0.15) is 153 Å². The van der Waals surface area contributed by atoms with Crippen LogP contribution in [-0.2, 0) is 56.1 Å². The second-order valence-corrected chi connectivity index (χ2v) is 23.5. The number of rotatable bonds is 9. The van der Waals surface area contributed by atoms with Gasteiger partial charge in [0.25, 0.3) is 0 Å². The molecule has 3 aliphatic heterocycles. The molecule has 3 heterocycles. The van der Waals surface area contributed by atoms with Crippen molar-refractivity contribution in [1.29, 1.82) is 0 Å². The number of aromatic hydroxyl groups is 1. The number of phenolic OH excluding ortho intramolecular Hbond substituents is 1. The minimum Gasteiger partial charge on any atom is -0.507 e. The molecule has 3 fully saturated rings. The molecule has 0 aromatic heterocycles. The van der Waals surface area contributed by atoms with Gasteiger partial charge in [0.2, 0.25) is 0 Å². The highest BCUT2D eigenvalue weighted by atomic mass is 16.6. The number of fused-ring (bicyclic) bond motifs is 10. The average Bonchev–Trinajstić information content (AvgIpc) is 3.57.